The van der Waals surface area contributed by atoms with Crippen molar-refractivity contribution in [1.29, 1.82) is 0 Å². The molecular weight excluding hydrogens is 276 g/mol. The van der Waals surface area contributed by atoms with E-state index in [-0.39, 0.29) is 11.0 Å². The molecule has 1 aromatic rings. The molecule has 0 aromatic carbocycles. The predicted molar refractivity (Wildman–Crippen MR) is 93.0 cm³/mol. The summed E-state index contributed by atoms with van der Waals surface area (Å²) in [7, 11) is 2.12. The van der Waals surface area contributed by atoms with Crippen LogP contribution in [-0.2, 0) is 11.0 Å². The van der Waals surface area contributed by atoms with Crippen LogP contribution in [0.4, 0.5) is 0 Å². The van der Waals surface area contributed by atoms with Crippen molar-refractivity contribution in [3.05, 3.63) is 16.1 Å². The van der Waals surface area contributed by atoms with Crippen molar-refractivity contribution in [2.45, 2.75) is 77.7 Å². The lowest BCUT2D eigenvalue weighted by atomic mass is 9.73. The standard InChI is InChI=1S/C18H32N2S/c1-13(2)10-14-8-7-9-18(11-14,19-6)16-20-15(12-21-16)17(3,4)5/h12-14,19H,7-11H2,1-6H3. The van der Waals surface area contributed by atoms with Crippen LogP contribution in [0.1, 0.15) is 77.4 Å². The molecule has 0 radical (unpaired) electrons. The van der Waals surface area contributed by atoms with Crippen LogP contribution in [0.3, 0.4) is 0 Å². The number of aromatic nitrogens is 1. The number of rotatable bonds is 4. The number of nitrogens with zero attached hydrogens (tertiary/aromatic N) is 1. The summed E-state index contributed by atoms with van der Waals surface area (Å²) in [6, 6.07) is 0. The van der Waals surface area contributed by atoms with E-state index < -0.39 is 0 Å². The minimum Gasteiger partial charge on any atom is -0.308 e. The van der Waals surface area contributed by atoms with Crippen molar-refractivity contribution in [2.75, 3.05) is 7.05 Å². The van der Waals surface area contributed by atoms with E-state index in [1.54, 1.807) is 0 Å². The molecule has 1 fully saturated rings. The largest absolute Gasteiger partial charge is 0.308 e. The molecule has 1 saturated carbocycles. The Hall–Kier alpha value is -0.410. The molecule has 3 heteroatoms. The van der Waals surface area contributed by atoms with Gasteiger partial charge in [-0.25, -0.2) is 4.98 Å². The zero-order chi connectivity index (χ0) is 15.7. The Kier molecular flexibility index (Phi) is 5.15. The van der Waals surface area contributed by atoms with Gasteiger partial charge in [0.25, 0.3) is 0 Å². The molecule has 2 atom stereocenters. The second-order valence-corrected chi connectivity index (χ2v) is 9.07. The van der Waals surface area contributed by atoms with Gasteiger partial charge in [0, 0.05) is 10.8 Å². The summed E-state index contributed by atoms with van der Waals surface area (Å²) in [6.07, 6.45) is 6.54. The van der Waals surface area contributed by atoms with Gasteiger partial charge < -0.3 is 5.32 Å². The van der Waals surface area contributed by atoms with Crippen LogP contribution in [-0.4, -0.2) is 12.0 Å². The van der Waals surface area contributed by atoms with Gasteiger partial charge in [0.05, 0.1) is 11.2 Å². The summed E-state index contributed by atoms with van der Waals surface area (Å²) in [5.74, 6) is 1.64. The first-order chi connectivity index (χ1) is 9.77. The molecule has 0 saturated heterocycles. The van der Waals surface area contributed by atoms with Crippen molar-refractivity contribution < 1.29 is 0 Å². The second-order valence-electron chi connectivity index (χ2n) is 8.21. The lowest BCUT2D eigenvalue weighted by molar-refractivity contribution is 0.170. The summed E-state index contributed by atoms with van der Waals surface area (Å²) >= 11 is 1.85. The molecule has 1 aromatic heterocycles. The Morgan fingerprint density at radius 3 is 2.67 bits per heavy atom. The van der Waals surface area contributed by atoms with Crippen LogP contribution in [0.2, 0.25) is 0 Å². The molecule has 21 heavy (non-hydrogen) atoms. The van der Waals surface area contributed by atoms with Crippen molar-refractivity contribution >= 4 is 11.3 Å². The highest BCUT2D eigenvalue weighted by atomic mass is 32.1. The molecule has 0 bridgehead atoms. The van der Waals surface area contributed by atoms with Gasteiger partial charge in [-0.3, -0.25) is 0 Å². The third kappa shape index (κ3) is 3.87. The molecule has 0 spiro atoms. The van der Waals surface area contributed by atoms with E-state index in [9.17, 15) is 0 Å². The first-order valence-corrected chi connectivity index (χ1v) is 9.30. The second kappa shape index (κ2) is 6.37. The Bertz CT molecular complexity index is 458. The quantitative estimate of drug-likeness (QED) is 0.838. The molecule has 1 aliphatic carbocycles. The summed E-state index contributed by atoms with van der Waals surface area (Å²) in [4.78, 5) is 5.02. The Labute approximate surface area is 134 Å². The van der Waals surface area contributed by atoms with Gasteiger partial charge in [-0.1, -0.05) is 47.5 Å². The first kappa shape index (κ1) is 17.0. The number of hydrogen-bond donors (Lipinski definition) is 1. The Morgan fingerprint density at radius 1 is 1.43 bits per heavy atom. The van der Waals surface area contributed by atoms with Gasteiger partial charge in [-0.15, -0.1) is 11.3 Å². The molecule has 1 aliphatic rings. The van der Waals surface area contributed by atoms with E-state index >= 15 is 0 Å². The number of hydrogen-bond acceptors (Lipinski definition) is 3. The van der Waals surface area contributed by atoms with Crippen molar-refractivity contribution in [1.82, 2.24) is 10.3 Å². The molecular formula is C18H32N2S. The summed E-state index contributed by atoms with van der Waals surface area (Å²) < 4.78 is 0. The summed E-state index contributed by atoms with van der Waals surface area (Å²) in [5, 5.41) is 7.22. The molecule has 2 unspecified atom stereocenters. The fraction of sp³-hybridized carbons (Fsp3) is 0.833. The summed E-state index contributed by atoms with van der Waals surface area (Å²) in [6.45, 7) is 11.4. The van der Waals surface area contributed by atoms with Crippen LogP contribution in [0, 0.1) is 11.8 Å². The average Bonchev–Trinajstić information content (AvgIpc) is 2.88. The van der Waals surface area contributed by atoms with E-state index in [0.29, 0.717) is 0 Å². The van der Waals surface area contributed by atoms with Crippen LogP contribution in [0.5, 0.6) is 0 Å². The minimum atomic E-state index is 0.117. The number of thiazole rings is 1. The van der Waals surface area contributed by atoms with E-state index in [2.05, 4.69) is 52.4 Å². The fourth-order valence-electron chi connectivity index (χ4n) is 3.62. The van der Waals surface area contributed by atoms with Gasteiger partial charge in [-0.05, 0) is 38.1 Å². The summed E-state index contributed by atoms with van der Waals surface area (Å²) in [5.41, 5.74) is 1.50. The highest BCUT2D eigenvalue weighted by molar-refractivity contribution is 7.09. The zero-order valence-electron chi connectivity index (χ0n) is 14.6. The minimum absolute atomic E-state index is 0.117. The van der Waals surface area contributed by atoms with Crippen LogP contribution < -0.4 is 5.32 Å². The first-order valence-electron chi connectivity index (χ1n) is 8.42. The van der Waals surface area contributed by atoms with Gasteiger partial charge in [0.15, 0.2) is 0 Å². The molecule has 2 rings (SSSR count). The normalized spacial score (nSPS) is 27.3. The third-order valence-corrected chi connectivity index (χ3v) is 5.86. The molecule has 0 aliphatic heterocycles. The van der Waals surface area contributed by atoms with Crippen LogP contribution in [0.25, 0.3) is 0 Å². The maximum absolute atomic E-state index is 5.02. The fourth-order valence-corrected chi connectivity index (χ4v) is 4.92. The van der Waals surface area contributed by atoms with Crippen LogP contribution >= 0.6 is 11.3 Å². The van der Waals surface area contributed by atoms with Crippen molar-refractivity contribution in [2.24, 2.45) is 11.8 Å². The third-order valence-electron chi connectivity index (χ3n) is 4.82. The van der Waals surface area contributed by atoms with E-state index in [4.69, 9.17) is 4.98 Å². The Balaban J connectivity index is 2.22. The number of nitrogens with one attached hydrogen (secondary N) is 1. The van der Waals surface area contributed by atoms with Gasteiger partial charge >= 0.3 is 0 Å². The highest BCUT2D eigenvalue weighted by Gasteiger charge is 2.39. The van der Waals surface area contributed by atoms with Crippen molar-refractivity contribution in [3.63, 3.8) is 0 Å². The van der Waals surface area contributed by atoms with Crippen LogP contribution in [0.15, 0.2) is 5.38 Å². The maximum Gasteiger partial charge on any atom is 0.113 e. The topological polar surface area (TPSA) is 24.9 Å². The highest BCUT2D eigenvalue weighted by Crippen LogP contribution is 2.43. The van der Waals surface area contributed by atoms with Gasteiger partial charge in [0.2, 0.25) is 0 Å². The zero-order valence-corrected chi connectivity index (χ0v) is 15.4. The molecule has 1 N–H and O–H groups in total. The molecule has 1 heterocycles. The van der Waals surface area contributed by atoms with Gasteiger partial charge in [-0.2, -0.15) is 0 Å². The lowest BCUT2D eigenvalue weighted by Crippen LogP contribution is -2.44. The SMILES string of the molecule is CNC1(c2nc(C(C)(C)C)cs2)CCCC(CC(C)C)C1. The predicted octanol–water partition coefficient (Wildman–Crippen LogP) is 5.09. The monoisotopic (exact) mass is 308 g/mol. The van der Waals surface area contributed by atoms with E-state index in [1.165, 1.54) is 42.8 Å². The van der Waals surface area contributed by atoms with E-state index in [1.807, 2.05) is 11.3 Å². The smallest absolute Gasteiger partial charge is 0.113 e. The molecule has 120 valence electrons. The molecule has 2 nitrogen and oxygen atoms in total. The lowest BCUT2D eigenvalue weighted by Gasteiger charge is -2.40. The maximum atomic E-state index is 5.02. The van der Waals surface area contributed by atoms with E-state index in [0.717, 1.165) is 11.8 Å². The van der Waals surface area contributed by atoms with Crippen molar-refractivity contribution in [3.8, 4) is 0 Å². The van der Waals surface area contributed by atoms with Gasteiger partial charge in [0.1, 0.15) is 5.01 Å². The average molecular weight is 309 g/mol. The molecule has 0 amide bonds. The Morgan fingerprint density at radius 2 is 2.14 bits per heavy atom.